The van der Waals surface area contributed by atoms with Crippen LogP contribution in [0.4, 0.5) is 0 Å². The van der Waals surface area contributed by atoms with Gasteiger partial charge in [-0.15, -0.1) is 0 Å². The number of aryl methyl sites for hydroxylation is 1. The van der Waals surface area contributed by atoms with Gasteiger partial charge in [0, 0.05) is 6.42 Å². The zero-order chi connectivity index (χ0) is 23.1. The molecule has 0 bridgehead atoms. The van der Waals surface area contributed by atoms with Gasteiger partial charge in [0.05, 0.1) is 19.4 Å². The van der Waals surface area contributed by atoms with Crippen LogP contribution in [0.2, 0.25) is 0 Å². The van der Waals surface area contributed by atoms with Crippen molar-refractivity contribution in [3.05, 3.63) is 71.3 Å². The fraction of sp³-hybridized carbons (Fsp3) is 0.250. The fourth-order valence-corrected chi connectivity index (χ4v) is 3.11. The summed E-state index contributed by atoms with van der Waals surface area (Å²) in [6.07, 6.45) is 0.373. The molecule has 0 saturated carbocycles. The number of hydrogen-bond acceptors (Lipinski definition) is 7. The van der Waals surface area contributed by atoms with E-state index in [0.717, 1.165) is 22.4 Å². The summed E-state index contributed by atoms with van der Waals surface area (Å²) in [5, 5.41) is 12.6. The number of nitrogens with one attached hydrogen (secondary N) is 1. The number of ether oxygens (including phenoxy) is 2. The summed E-state index contributed by atoms with van der Waals surface area (Å²) < 4.78 is 10.1. The maximum atomic E-state index is 12.4. The summed E-state index contributed by atoms with van der Waals surface area (Å²) >= 11 is 0. The third kappa shape index (κ3) is 5.60. The molecule has 3 rings (SSSR count). The normalized spacial score (nSPS) is 10.5. The minimum Gasteiger partial charge on any atom is -0.504 e. The molecule has 0 spiro atoms. The van der Waals surface area contributed by atoms with Gasteiger partial charge in [-0.1, -0.05) is 36.4 Å². The van der Waals surface area contributed by atoms with Gasteiger partial charge in [0.2, 0.25) is 0 Å². The molecular weight excluding hydrogens is 410 g/mol. The Labute approximate surface area is 186 Å². The molecule has 0 fully saturated rings. The summed E-state index contributed by atoms with van der Waals surface area (Å²) in [4.78, 5) is 32.4. The molecule has 0 unspecified atom stereocenters. The molecule has 2 aromatic carbocycles. The average molecular weight is 435 g/mol. The van der Waals surface area contributed by atoms with Gasteiger partial charge in [0.1, 0.15) is 18.1 Å². The smallest absolute Gasteiger partial charge is 0.325 e. The van der Waals surface area contributed by atoms with Crippen LogP contribution in [0.3, 0.4) is 0 Å². The molecular formula is C24H25N3O5. The van der Waals surface area contributed by atoms with E-state index in [9.17, 15) is 14.7 Å². The molecule has 166 valence electrons. The molecule has 8 nitrogen and oxygen atoms in total. The molecule has 3 aromatic rings. The monoisotopic (exact) mass is 435 g/mol. The quantitative estimate of drug-likeness (QED) is 0.523. The third-order valence-corrected chi connectivity index (χ3v) is 4.74. The Balaban J connectivity index is 1.75. The van der Waals surface area contributed by atoms with Crippen molar-refractivity contribution in [2.24, 2.45) is 0 Å². The van der Waals surface area contributed by atoms with Crippen LogP contribution >= 0.6 is 0 Å². The van der Waals surface area contributed by atoms with Crippen LogP contribution in [0.1, 0.15) is 34.5 Å². The highest BCUT2D eigenvalue weighted by Crippen LogP contribution is 2.25. The Bertz CT molecular complexity index is 1110. The number of benzene rings is 2. The predicted octanol–water partition coefficient (Wildman–Crippen LogP) is 3.05. The standard InChI is InChI=1S/C24H25N3O5/c1-4-32-21(28)14-25-24(30)22-23(29)15(2)26-20(27-22)12-16-8-10-17(11-9-16)18-6-5-7-19(13-18)31-3/h5-11,13,29H,4,12,14H2,1-3H3,(H,25,30). The largest absolute Gasteiger partial charge is 0.504 e. The lowest BCUT2D eigenvalue weighted by molar-refractivity contribution is -0.141. The predicted molar refractivity (Wildman–Crippen MR) is 119 cm³/mol. The molecule has 0 atom stereocenters. The number of hydrogen-bond donors (Lipinski definition) is 2. The molecule has 0 aliphatic carbocycles. The van der Waals surface area contributed by atoms with E-state index >= 15 is 0 Å². The van der Waals surface area contributed by atoms with E-state index in [1.807, 2.05) is 48.5 Å². The number of esters is 1. The zero-order valence-corrected chi connectivity index (χ0v) is 18.2. The van der Waals surface area contributed by atoms with Crippen LogP contribution in [-0.2, 0) is 16.0 Å². The van der Waals surface area contributed by atoms with Crippen LogP contribution < -0.4 is 10.1 Å². The van der Waals surface area contributed by atoms with Crippen molar-refractivity contribution >= 4 is 11.9 Å². The number of carbonyl (C=O) groups excluding carboxylic acids is 2. The summed E-state index contributed by atoms with van der Waals surface area (Å²) in [5.41, 5.74) is 3.12. The number of amides is 1. The van der Waals surface area contributed by atoms with Crippen molar-refractivity contribution in [1.82, 2.24) is 15.3 Å². The molecule has 8 heteroatoms. The second kappa shape index (κ2) is 10.4. The van der Waals surface area contributed by atoms with Crippen LogP contribution in [0.15, 0.2) is 48.5 Å². The molecule has 0 aliphatic rings. The molecule has 1 amide bonds. The molecule has 1 aromatic heterocycles. The fourth-order valence-electron chi connectivity index (χ4n) is 3.11. The number of aromatic hydroxyl groups is 1. The van der Waals surface area contributed by atoms with E-state index in [0.29, 0.717) is 12.2 Å². The first-order valence-electron chi connectivity index (χ1n) is 10.1. The molecule has 32 heavy (non-hydrogen) atoms. The van der Waals surface area contributed by atoms with E-state index in [1.165, 1.54) is 0 Å². The minimum atomic E-state index is -0.671. The topological polar surface area (TPSA) is 111 Å². The lowest BCUT2D eigenvalue weighted by atomic mass is 10.0. The van der Waals surface area contributed by atoms with E-state index in [2.05, 4.69) is 15.3 Å². The lowest BCUT2D eigenvalue weighted by Crippen LogP contribution is -2.31. The van der Waals surface area contributed by atoms with Crippen molar-refractivity contribution in [3.8, 4) is 22.6 Å². The first kappa shape index (κ1) is 22.7. The lowest BCUT2D eigenvalue weighted by Gasteiger charge is -2.10. The Hall–Kier alpha value is -3.94. The number of nitrogens with zero attached hydrogens (tertiary/aromatic N) is 2. The van der Waals surface area contributed by atoms with Crippen molar-refractivity contribution in [2.75, 3.05) is 20.3 Å². The highest BCUT2D eigenvalue weighted by Gasteiger charge is 2.19. The molecule has 0 saturated heterocycles. The summed E-state index contributed by atoms with van der Waals surface area (Å²) in [7, 11) is 1.63. The van der Waals surface area contributed by atoms with E-state index in [1.54, 1.807) is 21.0 Å². The van der Waals surface area contributed by atoms with E-state index in [-0.39, 0.29) is 30.3 Å². The van der Waals surface area contributed by atoms with Crippen molar-refractivity contribution in [3.63, 3.8) is 0 Å². The first-order chi connectivity index (χ1) is 15.4. The molecule has 0 radical (unpaired) electrons. The van der Waals surface area contributed by atoms with Gasteiger partial charge in [-0.2, -0.15) is 0 Å². The van der Waals surface area contributed by atoms with Crippen molar-refractivity contribution in [2.45, 2.75) is 20.3 Å². The van der Waals surface area contributed by atoms with Crippen LogP contribution in [0.5, 0.6) is 11.5 Å². The van der Waals surface area contributed by atoms with Crippen LogP contribution in [0, 0.1) is 6.92 Å². The summed E-state index contributed by atoms with van der Waals surface area (Å²) in [6, 6.07) is 15.7. The Morgan fingerprint density at radius 2 is 1.81 bits per heavy atom. The highest BCUT2D eigenvalue weighted by molar-refractivity contribution is 5.96. The number of carbonyl (C=O) groups is 2. The number of methoxy groups -OCH3 is 1. The van der Waals surface area contributed by atoms with Crippen LogP contribution in [0.25, 0.3) is 11.1 Å². The third-order valence-electron chi connectivity index (χ3n) is 4.74. The maximum Gasteiger partial charge on any atom is 0.325 e. The number of rotatable bonds is 8. The SMILES string of the molecule is CCOC(=O)CNC(=O)c1nc(Cc2ccc(-c3cccc(OC)c3)cc2)nc(C)c1O. The Kier molecular flexibility index (Phi) is 7.38. The van der Waals surface area contributed by atoms with Crippen molar-refractivity contribution < 1.29 is 24.2 Å². The van der Waals surface area contributed by atoms with Gasteiger partial charge in [-0.3, -0.25) is 9.59 Å². The summed E-state index contributed by atoms with van der Waals surface area (Å²) in [6.45, 7) is 3.17. The number of aromatic nitrogens is 2. The van der Waals surface area contributed by atoms with Crippen molar-refractivity contribution in [1.29, 1.82) is 0 Å². The average Bonchev–Trinajstić information content (AvgIpc) is 2.80. The zero-order valence-electron chi connectivity index (χ0n) is 18.2. The van der Waals surface area contributed by atoms with Gasteiger partial charge in [0.25, 0.3) is 5.91 Å². The highest BCUT2D eigenvalue weighted by atomic mass is 16.5. The second-order valence-electron chi connectivity index (χ2n) is 7.02. The molecule has 2 N–H and O–H groups in total. The van der Waals surface area contributed by atoms with Gasteiger partial charge >= 0.3 is 5.97 Å². The summed E-state index contributed by atoms with van der Waals surface area (Å²) in [5.74, 6) is -0.384. The van der Waals surface area contributed by atoms with Gasteiger partial charge in [0.15, 0.2) is 11.4 Å². The maximum absolute atomic E-state index is 12.4. The molecule has 0 aliphatic heterocycles. The Morgan fingerprint density at radius 1 is 1.06 bits per heavy atom. The van der Waals surface area contributed by atoms with Gasteiger partial charge in [-0.05, 0) is 42.7 Å². The minimum absolute atomic E-state index is 0.176. The molecule has 1 heterocycles. The van der Waals surface area contributed by atoms with Gasteiger partial charge in [-0.25, -0.2) is 9.97 Å². The Morgan fingerprint density at radius 3 is 2.50 bits per heavy atom. The van der Waals surface area contributed by atoms with E-state index < -0.39 is 11.9 Å². The first-order valence-corrected chi connectivity index (χ1v) is 10.1. The second-order valence-corrected chi connectivity index (χ2v) is 7.02. The van der Waals surface area contributed by atoms with Gasteiger partial charge < -0.3 is 19.9 Å². The van der Waals surface area contributed by atoms with E-state index in [4.69, 9.17) is 9.47 Å². The van der Waals surface area contributed by atoms with Crippen LogP contribution in [-0.4, -0.2) is 47.2 Å².